The first-order valence-electron chi connectivity index (χ1n) is 10.8. The number of rotatable bonds is 4. The minimum atomic E-state index is 0.0355. The third-order valence-electron chi connectivity index (χ3n) is 6.69. The zero-order chi connectivity index (χ0) is 19.6. The molecule has 2 aliphatic rings. The van der Waals surface area contributed by atoms with Crippen molar-refractivity contribution >= 4 is 11.0 Å². The monoisotopic (exact) mass is 391 g/mol. The molecule has 1 N–H and O–H groups in total. The maximum absolute atomic E-state index is 12.5. The summed E-state index contributed by atoms with van der Waals surface area (Å²) in [6.45, 7) is 5.49. The van der Waals surface area contributed by atoms with E-state index in [2.05, 4.69) is 31.9 Å². The van der Waals surface area contributed by atoms with Crippen LogP contribution < -0.4 is 5.69 Å². The van der Waals surface area contributed by atoms with Crippen molar-refractivity contribution < 1.29 is 0 Å². The fourth-order valence-electron chi connectivity index (χ4n) is 5.14. The molecule has 2 aliphatic heterocycles. The fourth-order valence-corrected chi connectivity index (χ4v) is 5.14. The number of hydrogen-bond donors (Lipinski definition) is 1. The molecule has 0 aliphatic carbocycles. The molecule has 0 amide bonds. The van der Waals surface area contributed by atoms with Crippen LogP contribution in [-0.2, 0) is 6.54 Å². The van der Waals surface area contributed by atoms with E-state index in [-0.39, 0.29) is 5.69 Å². The highest BCUT2D eigenvalue weighted by Gasteiger charge is 2.29. The normalized spacial score (nSPS) is 20.4. The van der Waals surface area contributed by atoms with Crippen molar-refractivity contribution in [2.75, 3.05) is 26.2 Å². The Hall–Kier alpha value is -2.44. The number of nitrogens with one attached hydrogen (secondary N) is 1. The Labute approximate surface area is 171 Å². The second kappa shape index (κ2) is 8.13. The van der Waals surface area contributed by atoms with Gasteiger partial charge in [0.05, 0.1) is 11.0 Å². The summed E-state index contributed by atoms with van der Waals surface area (Å²) in [5.74, 6) is 0. The van der Waals surface area contributed by atoms with E-state index < -0.39 is 0 Å². The second-order valence-corrected chi connectivity index (χ2v) is 8.45. The Morgan fingerprint density at radius 2 is 1.69 bits per heavy atom. The summed E-state index contributed by atoms with van der Waals surface area (Å²) in [5, 5.41) is 0. The number of piperidine rings is 2. The number of hydrogen-bond acceptors (Lipinski definition) is 4. The summed E-state index contributed by atoms with van der Waals surface area (Å²) in [6.07, 6.45) is 8.39. The van der Waals surface area contributed by atoms with Gasteiger partial charge >= 0.3 is 5.69 Å². The average Bonchev–Trinajstić information content (AvgIpc) is 3.11. The number of nitrogens with zero attached hydrogens (tertiary/aromatic N) is 4. The van der Waals surface area contributed by atoms with Gasteiger partial charge in [-0.05, 0) is 62.5 Å². The van der Waals surface area contributed by atoms with Gasteiger partial charge in [0.1, 0.15) is 0 Å². The van der Waals surface area contributed by atoms with Crippen molar-refractivity contribution in [2.45, 2.75) is 44.3 Å². The number of H-pyrrole nitrogens is 1. The van der Waals surface area contributed by atoms with Crippen molar-refractivity contribution in [2.24, 2.45) is 0 Å². The van der Waals surface area contributed by atoms with Gasteiger partial charge in [0.2, 0.25) is 0 Å². The summed E-state index contributed by atoms with van der Waals surface area (Å²) in [4.78, 5) is 24.9. The second-order valence-electron chi connectivity index (χ2n) is 8.45. The zero-order valence-electron chi connectivity index (χ0n) is 16.8. The number of aromatic amines is 1. The molecule has 29 heavy (non-hydrogen) atoms. The maximum atomic E-state index is 12.5. The van der Waals surface area contributed by atoms with Crippen LogP contribution in [0.5, 0.6) is 0 Å². The molecule has 0 atom stereocenters. The van der Waals surface area contributed by atoms with E-state index in [1.54, 1.807) is 0 Å². The van der Waals surface area contributed by atoms with Gasteiger partial charge in [0, 0.05) is 44.1 Å². The number of fused-ring (bicyclic) bond motifs is 1. The molecule has 6 heteroatoms. The Morgan fingerprint density at radius 3 is 2.45 bits per heavy atom. The standard InChI is InChI=1S/C23H29N5O/c29-23-25-21-5-1-2-6-22(21)28(23)20-9-14-27(15-10-20)19-7-12-26(13-8-19)17-18-4-3-11-24-16-18/h1-6,11,16,19-20H,7-10,12-15,17H2,(H,25,29). The van der Waals surface area contributed by atoms with Gasteiger partial charge in [0.15, 0.2) is 0 Å². The predicted octanol–water partition coefficient (Wildman–Crippen LogP) is 3.03. The number of para-hydroxylation sites is 2. The molecule has 2 aromatic heterocycles. The molecular weight excluding hydrogens is 362 g/mol. The van der Waals surface area contributed by atoms with Gasteiger partial charge in [-0.1, -0.05) is 18.2 Å². The van der Waals surface area contributed by atoms with Crippen molar-refractivity contribution in [1.29, 1.82) is 0 Å². The third kappa shape index (κ3) is 3.87. The highest BCUT2D eigenvalue weighted by molar-refractivity contribution is 5.75. The highest BCUT2D eigenvalue weighted by Crippen LogP contribution is 2.28. The minimum Gasteiger partial charge on any atom is -0.306 e. The van der Waals surface area contributed by atoms with Gasteiger partial charge in [0.25, 0.3) is 0 Å². The fraction of sp³-hybridized carbons (Fsp3) is 0.478. The number of aromatic nitrogens is 3. The number of benzene rings is 1. The van der Waals surface area contributed by atoms with E-state index in [0.29, 0.717) is 12.1 Å². The first kappa shape index (κ1) is 18.6. The van der Waals surface area contributed by atoms with Gasteiger partial charge < -0.3 is 9.88 Å². The molecular formula is C23H29N5O. The van der Waals surface area contributed by atoms with Gasteiger partial charge in [-0.15, -0.1) is 0 Å². The Morgan fingerprint density at radius 1 is 0.931 bits per heavy atom. The summed E-state index contributed by atoms with van der Waals surface area (Å²) in [5.41, 5.74) is 3.32. The lowest BCUT2D eigenvalue weighted by molar-refractivity contribution is 0.0769. The maximum Gasteiger partial charge on any atom is 0.326 e. The summed E-state index contributed by atoms with van der Waals surface area (Å²) >= 11 is 0. The average molecular weight is 392 g/mol. The molecule has 3 aromatic rings. The largest absolute Gasteiger partial charge is 0.326 e. The Kier molecular flexibility index (Phi) is 5.21. The Bertz CT molecular complexity index is 995. The van der Waals surface area contributed by atoms with Crippen LogP contribution in [0.2, 0.25) is 0 Å². The molecule has 0 bridgehead atoms. The number of pyridine rings is 1. The van der Waals surface area contributed by atoms with Crippen LogP contribution in [-0.4, -0.2) is 56.6 Å². The smallest absolute Gasteiger partial charge is 0.306 e. The van der Waals surface area contributed by atoms with Crippen molar-refractivity contribution in [3.8, 4) is 0 Å². The zero-order valence-corrected chi connectivity index (χ0v) is 16.8. The molecule has 1 aromatic carbocycles. The van der Waals surface area contributed by atoms with Crippen molar-refractivity contribution in [1.82, 2.24) is 24.3 Å². The molecule has 152 valence electrons. The lowest BCUT2D eigenvalue weighted by Crippen LogP contribution is -2.48. The molecule has 4 heterocycles. The molecule has 0 saturated carbocycles. The number of likely N-dealkylation sites (tertiary alicyclic amines) is 2. The van der Waals surface area contributed by atoms with Crippen LogP contribution >= 0.6 is 0 Å². The van der Waals surface area contributed by atoms with Crippen LogP contribution in [0, 0.1) is 0 Å². The summed E-state index contributed by atoms with van der Waals surface area (Å²) in [7, 11) is 0. The molecule has 6 nitrogen and oxygen atoms in total. The van der Waals surface area contributed by atoms with Crippen molar-refractivity contribution in [3.63, 3.8) is 0 Å². The van der Waals surface area contributed by atoms with Crippen LogP contribution in [0.4, 0.5) is 0 Å². The molecule has 0 unspecified atom stereocenters. The van der Waals surface area contributed by atoms with E-state index in [9.17, 15) is 4.79 Å². The van der Waals surface area contributed by atoms with E-state index in [1.165, 1.54) is 18.4 Å². The van der Waals surface area contributed by atoms with Crippen molar-refractivity contribution in [3.05, 3.63) is 64.8 Å². The van der Waals surface area contributed by atoms with Crippen LogP contribution in [0.15, 0.2) is 53.6 Å². The van der Waals surface area contributed by atoms with E-state index in [4.69, 9.17) is 0 Å². The van der Waals surface area contributed by atoms with E-state index in [0.717, 1.165) is 56.6 Å². The first-order valence-corrected chi connectivity index (χ1v) is 10.8. The quantitative estimate of drug-likeness (QED) is 0.743. The third-order valence-corrected chi connectivity index (χ3v) is 6.69. The number of imidazole rings is 1. The van der Waals surface area contributed by atoms with Crippen LogP contribution in [0.1, 0.15) is 37.3 Å². The predicted molar refractivity (Wildman–Crippen MR) is 115 cm³/mol. The van der Waals surface area contributed by atoms with E-state index in [1.807, 2.05) is 41.2 Å². The molecule has 2 saturated heterocycles. The molecule has 0 radical (unpaired) electrons. The Balaban J connectivity index is 1.16. The molecule has 2 fully saturated rings. The van der Waals surface area contributed by atoms with Crippen LogP contribution in [0.25, 0.3) is 11.0 Å². The van der Waals surface area contributed by atoms with Gasteiger partial charge in [-0.3, -0.25) is 14.5 Å². The summed E-state index contributed by atoms with van der Waals surface area (Å²) < 4.78 is 1.99. The molecule has 0 spiro atoms. The van der Waals surface area contributed by atoms with Crippen LogP contribution in [0.3, 0.4) is 0 Å². The van der Waals surface area contributed by atoms with E-state index >= 15 is 0 Å². The summed E-state index contributed by atoms with van der Waals surface area (Å²) in [6, 6.07) is 13.2. The van der Waals surface area contributed by atoms with Gasteiger partial charge in [-0.25, -0.2) is 4.79 Å². The lowest BCUT2D eigenvalue weighted by Gasteiger charge is -2.42. The lowest BCUT2D eigenvalue weighted by atomic mass is 9.97. The van der Waals surface area contributed by atoms with Gasteiger partial charge in [-0.2, -0.15) is 0 Å². The SMILES string of the molecule is O=c1[nH]c2ccccc2n1C1CCN(C2CCN(Cc3cccnc3)CC2)CC1. The topological polar surface area (TPSA) is 57.2 Å². The molecule has 5 rings (SSSR count). The first-order chi connectivity index (χ1) is 14.3. The highest BCUT2D eigenvalue weighted by atomic mass is 16.1. The minimum absolute atomic E-state index is 0.0355.